The van der Waals surface area contributed by atoms with Crippen LogP contribution < -0.4 is 5.32 Å². The minimum Gasteiger partial charge on any atom is -0.463 e. The lowest BCUT2D eigenvalue weighted by Gasteiger charge is -2.07. The average Bonchev–Trinajstić information content (AvgIpc) is 2.69. The van der Waals surface area contributed by atoms with Gasteiger partial charge in [-0.1, -0.05) is 24.3 Å². The van der Waals surface area contributed by atoms with Gasteiger partial charge in [0.15, 0.2) is 0 Å². The molecule has 0 saturated carbocycles. The molecule has 2 rings (SSSR count). The molecule has 1 atom stereocenters. The number of nitrogens with one attached hydrogen (secondary N) is 1. The summed E-state index contributed by atoms with van der Waals surface area (Å²) in [4.78, 5) is 11.5. The summed E-state index contributed by atoms with van der Waals surface area (Å²) in [5, 5.41) is 12.0. The summed E-state index contributed by atoms with van der Waals surface area (Å²) in [6.45, 7) is 2.12. The number of carbonyl (C=O) groups excluding carboxylic acids is 1. The molecule has 0 spiro atoms. The molecule has 0 saturated heterocycles. The molecule has 4 nitrogen and oxygen atoms in total. The van der Waals surface area contributed by atoms with Gasteiger partial charge in [-0.3, -0.25) is 0 Å². The second-order valence-electron chi connectivity index (χ2n) is 3.96. The summed E-state index contributed by atoms with van der Waals surface area (Å²) in [7, 11) is 0. The first-order valence-corrected chi connectivity index (χ1v) is 5.87. The maximum absolute atomic E-state index is 11.5. The predicted octanol–water partition coefficient (Wildman–Crippen LogP) is 2.15. The average molecular weight is 242 g/mol. The zero-order valence-corrected chi connectivity index (χ0v) is 10.1. The molecular weight excluding hydrogens is 228 g/mol. The molecule has 1 heterocycles. The van der Waals surface area contributed by atoms with Gasteiger partial charge < -0.3 is 10.1 Å². The van der Waals surface area contributed by atoms with Crippen LogP contribution in [0.3, 0.4) is 0 Å². The van der Waals surface area contributed by atoms with Gasteiger partial charge in [0.25, 0.3) is 0 Å². The topological polar surface area (TPSA) is 62.1 Å². The van der Waals surface area contributed by atoms with Crippen molar-refractivity contribution in [3.05, 3.63) is 41.5 Å². The van der Waals surface area contributed by atoms with E-state index in [2.05, 4.69) is 11.4 Å². The summed E-state index contributed by atoms with van der Waals surface area (Å²) in [5.41, 5.74) is 2.74. The largest absolute Gasteiger partial charge is 0.463 e. The monoisotopic (exact) mass is 242 g/mol. The van der Waals surface area contributed by atoms with Crippen LogP contribution in [0.15, 0.2) is 30.3 Å². The van der Waals surface area contributed by atoms with E-state index in [-0.39, 0.29) is 12.0 Å². The number of nitriles is 1. The Hall–Kier alpha value is -2.28. The van der Waals surface area contributed by atoms with Crippen molar-refractivity contribution in [2.75, 3.05) is 6.61 Å². The second-order valence-corrected chi connectivity index (χ2v) is 3.96. The third-order valence-electron chi connectivity index (χ3n) is 2.80. The zero-order chi connectivity index (χ0) is 13.0. The van der Waals surface area contributed by atoms with Crippen LogP contribution in [0.25, 0.3) is 5.70 Å². The van der Waals surface area contributed by atoms with Crippen LogP contribution in [0.4, 0.5) is 0 Å². The lowest BCUT2D eigenvalue weighted by atomic mass is 10.0. The molecule has 1 aromatic rings. The van der Waals surface area contributed by atoms with Crippen LogP contribution in [0, 0.1) is 11.3 Å². The second kappa shape index (κ2) is 5.37. The number of hydrogen-bond donors (Lipinski definition) is 1. The molecule has 1 N–H and O–H groups in total. The van der Waals surface area contributed by atoms with Crippen LogP contribution >= 0.6 is 0 Å². The van der Waals surface area contributed by atoms with E-state index in [1.807, 2.05) is 24.3 Å². The maximum Gasteiger partial charge on any atom is 0.332 e. The van der Waals surface area contributed by atoms with Crippen molar-refractivity contribution in [3.63, 3.8) is 0 Å². The molecule has 92 valence electrons. The number of carbonyl (C=O) groups is 1. The van der Waals surface area contributed by atoms with Crippen molar-refractivity contribution in [2.24, 2.45) is 0 Å². The third kappa shape index (κ3) is 2.35. The summed E-state index contributed by atoms with van der Waals surface area (Å²) in [6.07, 6.45) is 1.82. The van der Waals surface area contributed by atoms with Crippen LogP contribution in [0.5, 0.6) is 0 Å². The maximum atomic E-state index is 11.5. The van der Waals surface area contributed by atoms with E-state index in [1.165, 1.54) is 6.08 Å². The Labute approximate surface area is 106 Å². The summed E-state index contributed by atoms with van der Waals surface area (Å²) >= 11 is 0. The third-order valence-corrected chi connectivity index (χ3v) is 2.80. The van der Waals surface area contributed by atoms with Crippen LogP contribution in [-0.2, 0) is 9.53 Å². The number of nitrogens with zero attached hydrogens (tertiary/aromatic N) is 1. The van der Waals surface area contributed by atoms with Gasteiger partial charge in [-0.05, 0) is 12.5 Å². The number of esters is 1. The van der Waals surface area contributed by atoms with Gasteiger partial charge >= 0.3 is 5.97 Å². The van der Waals surface area contributed by atoms with Crippen molar-refractivity contribution in [1.29, 1.82) is 5.26 Å². The highest BCUT2D eigenvalue weighted by atomic mass is 16.5. The molecule has 1 unspecified atom stereocenters. The van der Waals surface area contributed by atoms with Gasteiger partial charge in [-0.15, -0.1) is 0 Å². The Kier molecular flexibility index (Phi) is 3.63. The first kappa shape index (κ1) is 12.2. The van der Waals surface area contributed by atoms with Gasteiger partial charge in [-0.2, -0.15) is 5.26 Å². The molecule has 4 heteroatoms. The highest BCUT2D eigenvalue weighted by molar-refractivity contribution is 5.92. The van der Waals surface area contributed by atoms with E-state index in [1.54, 1.807) is 6.92 Å². The molecule has 0 bridgehead atoms. The van der Waals surface area contributed by atoms with Gasteiger partial charge in [0.2, 0.25) is 0 Å². The van der Waals surface area contributed by atoms with Crippen LogP contribution in [0.1, 0.15) is 30.5 Å². The molecule has 0 aliphatic carbocycles. The standard InChI is InChI=1S/C14H14N2O2/c1-2-18-14(17)9-13-11-6-4-3-5-10(11)12(16-13)7-8-15/h3-6,9,12,16H,2,7H2,1H3/b13-9-. The summed E-state index contributed by atoms with van der Waals surface area (Å²) < 4.78 is 4.89. The molecule has 1 aromatic carbocycles. The van der Waals surface area contributed by atoms with E-state index in [4.69, 9.17) is 10.00 Å². The van der Waals surface area contributed by atoms with Crippen LogP contribution in [0.2, 0.25) is 0 Å². The molecule has 1 aliphatic heterocycles. The van der Waals surface area contributed by atoms with Gasteiger partial charge in [0, 0.05) is 17.3 Å². The number of benzene rings is 1. The Morgan fingerprint density at radius 3 is 3.06 bits per heavy atom. The Balaban J connectivity index is 2.31. The smallest absolute Gasteiger partial charge is 0.332 e. The quantitative estimate of drug-likeness (QED) is 0.651. The SMILES string of the molecule is CCOC(=O)/C=C1\NC(CC#N)c2ccccc21. The Morgan fingerprint density at radius 2 is 2.33 bits per heavy atom. The fraction of sp³-hybridized carbons (Fsp3) is 0.286. The van der Waals surface area contributed by atoms with Crippen molar-refractivity contribution in [3.8, 4) is 6.07 Å². The lowest BCUT2D eigenvalue weighted by Crippen LogP contribution is -2.12. The summed E-state index contributed by atoms with van der Waals surface area (Å²) in [6, 6.07) is 9.84. The zero-order valence-electron chi connectivity index (χ0n) is 10.1. The number of hydrogen-bond acceptors (Lipinski definition) is 4. The molecular formula is C14H14N2O2. The highest BCUT2D eigenvalue weighted by Crippen LogP contribution is 2.33. The van der Waals surface area contributed by atoms with Gasteiger partial charge in [0.1, 0.15) is 0 Å². The molecule has 1 aliphatic rings. The molecule has 0 aromatic heterocycles. The van der Waals surface area contributed by atoms with Crippen LogP contribution in [-0.4, -0.2) is 12.6 Å². The summed E-state index contributed by atoms with van der Waals surface area (Å²) in [5.74, 6) is -0.368. The highest BCUT2D eigenvalue weighted by Gasteiger charge is 2.25. The van der Waals surface area contributed by atoms with E-state index >= 15 is 0 Å². The molecule has 0 fully saturated rings. The fourth-order valence-electron chi connectivity index (χ4n) is 2.06. The normalized spacial score (nSPS) is 18.9. The molecule has 0 amide bonds. The van der Waals surface area contributed by atoms with Gasteiger partial charge in [0.05, 0.1) is 25.1 Å². The minimum atomic E-state index is -0.368. The first-order chi connectivity index (χ1) is 8.76. The van der Waals surface area contributed by atoms with Crippen molar-refractivity contribution < 1.29 is 9.53 Å². The van der Waals surface area contributed by atoms with E-state index in [0.29, 0.717) is 13.0 Å². The van der Waals surface area contributed by atoms with Crippen molar-refractivity contribution in [2.45, 2.75) is 19.4 Å². The number of ether oxygens (including phenoxy) is 1. The minimum absolute atomic E-state index is 0.0492. The molecule has 18 heavy (non-hydrogen) atoms. The lowest BCUT2D eigenvalue weighted by molar-refractivity contribution is -0.137. The van der Waals surface area contributed by atoms with Crippen molar-refractivity contribution in [1.82, 2.24) is 5.32 Å². The van der Waals surface area contributed by atoms with Crippen molar-refractivity contribution >= 4 is 11.7 Å². The van der Waals surface area contributed by atoms with E-state index in [9.17, 15) is 4.79 Å². The fourth-order valence-corrected chi connectivity index (χ4v) is 2.06. The van der Waals surface area contributed by atoms with E-state index < -0.39 is 0 Å². The van der Waals surface area contributed by atoms with E-state index in [0.717, 1.165) is 16.8 Å². The first-order valence-electron chi connectivity index (χ1n) is 5.87. The number of rotatable bonds is 3. The Morgan fingerprint density at radius 1 is 1.56 bits per heavy atom. The molecule has 0 radical (unpaired) electrons. The number of fused-ring (bicyclic) bond motifs is 1. The predicted molar refractivity (Wildman–Crippen MR) is 67.2 cm³/mol. The van der Waals surface area contributed by atoms with Gasteiger partial charge in [-0.25, -0.2) is 4.79 Å². The Bertz CT molecular complexity index is 529.